The van der Waals surface area contributed by atoms with E-state index in [1.807, 2.05) is 27.7 Å². The van der Waals surface area contributed by atoms with Gasteiger partial charge in [-0.2, -0.15) is 13.2 Å². The van der Waals surface area contributed by atoms with Crippen molar-refractivity contribution in [2.45, 2.75) is 51.5 Å². The van der Waals surface area contributed by atoms with E-state index in [0.717, 1.165) is 6.07 Å². The lowest BCUT2D eigenvalue weighted by Crippen LogP contribution is -2.55. The molecule has 2 heterocycles. The van der Waals surface area contributed by atoms with E-state index >= 15 is 0 Å². The number of nitrogens with zero attached hydrogens (tertiary/aromatic N) is 2. The molecule has 26 heavy (non-hydrogen) atoms. The van der Waals surface area contributed by atoms with Crippen LogP contribution in [0.4, 0.5) is 13.2 Å². The van der Waals surface area contributed by atoms with E-state index in [1.165, 1.54) is 12.3 Å². The van der Waals surface area contributed by atoms with Crippen molar-refractivity contribution in [3.8, 4) is 5.88 Å². The number of carbonyl (C=O) groups excluding carboxylic acids is 1. The Bertz CT molecular complexity index is 691. The first-order valence-corrected chi connectivity index (χ1v) is 8.69. The number of amides is 1. The summed E-state index contributed by atoms with van der Waals surface area (Å²) in [6.45, 7) is 7.99. The van der Waals surface area contributed by atoms with Crippen LogP contribution in [0.15, 0.2) is 18.3 Å². The van der Waals surface area contributed by atoms with Gasteiger partial charge in [0.05, 0.1) is 0 Å². The Kier molecular flexibility index (Phi) is 4.45. The van der Waals surface area contributed by atoms with Gasteiger partial charge in [-0.25, -0.2) is 4.98 Å². The monoisotopic (exact) mass is 371 g/mol. The number of carbonyl (C=O) groups is 1. The number of pyridine rings is 1. The van der Waals surface area contributed by atoms with Crippen LogP contribution in [0.1, 0.15) is 33.3 Å². The summed E-state index contributed by atoms with van der Waals surface area (Å²) in [5.41, 5.74) is 4.06. The van der Waals surface area contributed by atoms with Crippen molar-refractivity contribution in [1.29, 1.82) is 0 Å². The number of fused-ring (bicyclic) bond motifs is 1. The molecule has 2 N–H and O–H groups in total. The third kappa shape index (κ3) is 3.04. The maximum absolute atomic E-state index is 13.1. The number of nitrogens with two attached hydrogens (primary N) is 1. The molecule has 1 aromatic rings. The Morgan fingerprint density at radius 1 is 1.27 bits per heavy atom. The third-order valence-electron chi connectivity index (χ3n) is 5.79. The average Bonchev–Trinajstić information content (AvgIpc) is 3.22. The Balaban J connectivity index is 1.73. The molecule has 1 aromatic heterocycles. The fourth-order valence-electron chi connectivity index (χ4n) is 4.87. The van der Waals surface area contributed by atoms with Crippen molar-refractivity contribution in [3.63, 3.8) is 0 Å². The van der Waals surface area contributed by atoms with Gasteiger partial charge in [0.2, 0.25) is 11.8 Å². The summed E-state index contributed by atoms with van der Waals surface area (Å²) in [7, 11) is 0. The normalized spacial score (nSPS) is 31.6. The standard InChI is InChI=1S/C18H24F3N3O2/c1-9-12-13(14(12)15(22)25)10(2)24(9)17(3,4)8-26-16-11(18(19,20)21)6-5-7-23-16/h5-7,9-10,12-14H,8H2,1-4H3,(H2,22,25). The van der Waals surface area contributed by atoms with Crippen LogP contribution in [-0.4, -0.2) is 40.0 Å². The molecule has 0 aromatic carbocycles. The first-order chi connectivity index (χ1) is 12.0. The molecule has 4 atom stereocenters. The molecule has 1 aliphatic heterocycles. The predicted molar refractivity (Wildman–Crippen MR) is 89.2 cm³/mol. The van der Waals surface area contributed by atoms with Crippen LogP contribution < -0.4 is 10.5 Å². The fraction of sp³-hybridized carbons (Fsp3) is 0.667. The Morgan fingerprint density at radius 2 is 1.85 bits per heavy atom. The number of hydrogen-bond donors (Lipinski definition) is 1. The number of rotatable bonds is 5. The van der Waals surface area contributed by atoms with E-state index < -0.39 is 23.2 Å². The van der Waals surface area contributed by atoms with E-state index in [9.17, 15) is 18.0 Å². The number of likely N-dealkylation sites (tertiary alicyclic amines) is 1. The van der Waals surface area contributed by atoms with Crippen molar-refractivity contribution < 1.29 is 22.7 Å². The lowest BCUT2D eigenvalue weighted by atomic mass is 9.97. The largest absolute Gasteiger partial charge is 0.475 e. The summed E-state index contributed by atoms with van der Waals surface area (Å²) < 4.78 is 44.8. The van der Waals surface area contributed by atoms with Gasteiger partial charge in [0.25, 0.3) is 0 Å². The molecule has 2 aliphatic rings. The zero-order chi connectivity index (χ0) is 19.4. The van der Waals surface area contributed by atoms with E-state index in [0.29, 0.717) is 0 Å². The lowest BCUT2D eigenvalue weighted by Gasteiger charge is -2.43. The fourth-order valence-corrected chi connectivity index (χ4v) is 4.87. The molecule has 1 saturated carbocycles. The van der Waals surface area contributed by atoms with Crippen LogP contribution in [-0.2, 0) is 11.0 Å². The minimum absolute atomic E-state index is 0.0580. The molecular formula is C18H24F3N3O2. The van der Waals surface area contributed by atoms with Crippen LogP contribution in [0.5, 0.6) is 5.88 Å². The second-order valence-corrected chi connectivity index (χ2v) is 7.93. The number of primary amides is 1. The van der Waals surface area contributed by atoms with Gasteiger partial charge in [0.1, 0.15) is 12.2 Å². The molecule has 2 fully saturated rings. The molecule has 1 amide bonds. The molecular weight excluding hydrogens is 347 g/mol. The number of halogens is 3. The first kappa shape index (κ1) is 18.9. The molecule has 3 rings (SSSR count). The zero-order valence-corrected chi connectivity index (χ0v) is 15.2. The molecule has 8 heteroatoms. The summed E-state index contributed by atoms with van der Waals surface area (Å²) in [4.78, 5) is 17.5. The summed E-state index contributed by atoms with van der Waals surface area (Å²) in [6, 6.07) is 2.42. The molecule has 0 spiro atoms. The summed E-state index contributed by atoms with van der Waals surface area (Å²) >= 11 is 0. The highest BCUT2D eigenvalue weighted by Gasteiger charge is 2.67. The molecule has 4 unspecified atom stereocenters. The lowest BCUT2D eigenvalue weighted by molar-refractivity contribution is -0.139. The van der Waals surface area contributed by atoms with Crippen molar-refractivity contribution in [3.05, 3.63) is 23.9 Å². The van der Waals surface area contributed by atoms with E-state index in [1.54, 1.807) is 0 Å². The zero-order valence-electron chi connectivity index (χ0n) is 15.2. The van der Waals surface area contributed by atoms with E-state index in [4.69, 9.17) is 10.5 Å². The van der Waals surface area contributed by atoms with Crippen molar-refractivity contribution in [2.24, 2.45) is 23.5 Å². The molecule has 0 radical (unpaired) electrons. The highest BCUT2D eigenvalue weighted by atomic mass is 19.4. The van der Waals surface area contributed by atoms with Crippen LogP contribution in [0.3, 0.4) is 0 Å². The highest BCUT2D eigenvalue weighted by Crippen LogP contribution is 2.60. The summed E-state index contributed by atoms with van der Waals surface area (Å²) in [5.74, 6) is -0.353. The van der Waals surface area contributed by atoms with Gasteiger partial charge >= 0.3 is 6.18 Å². The van der Waals surface area contributed by atoms with Crippen molar-refractivity contribution >= 4 is 5.91 Å². The number of ether oxygens (including phenoxy) is 1. The molecule has 0 bridgehead atoms. The second-order valence-electron chi connectivity index (χ2n) is 7.93. The molecule has 1 aliphatic carbocycles. The smallest absolute Gasteiger partial charge is 0.421 e. The van der Waals surface area contributed by atoms with Crippen LogP contribution in [0.25, 0.3) is 0 Å². The van der Waals surface area contributed by atoms with E-state index in [-0.39, 0.29) is 42.4 Å². The second kappa shape index (κ2) is 6.11. The molecule has 1 saturated heterocycles. The van der Waals surface area contributed by atoms with E-state index in [2.05, 4.69) is 9.88 Å². The number of piperidine rings is 1. The number of hydrogen-bond acceptors (Lipinski definition) is 4. The van der Waals surface area contributed by atoms with Gasteiger partial charge in [0.15, 0.2) is 0 Å². The minimum Gasteiger partial charge on any atom is -0.475 e. The maximum Gasteiger partial charge on any atom is 0.421 e. The number of alkyl halides is 3. The summed E-state index contributed by atoms with van der Waals surface area (Å²) in [5, 5.41) is 0. The van der Waals surface area contributed by atoms with Crippen LogP contribution >= 0.6 is 0 Å². The SMILES string of the molecule is CC1C2C(C(N)=O)C2C(C)N1C(C)(C)COc1ncccc1C(F)(F)F. The quantitative estimate of drug-likeness (QED) is 0.864. The Morgan fingerprint density at radius 3 is 2.35 bits per heavy atom. The van der Waals surface area contributed by atoms with Crippen molar-refractivity contribution in [1.82, 2.24) is 9.88 Å². The van der Waals surface area contributed by atoms with Gasteiger partial charge in [-0.15, -0.1) is 0 Å². The molecule has 144 valence electrons. The maximum atomic E-state index is 13.1. The van der Waals surface area contributed by atoms with Crippen LogP contribution in [0, 0.1) is 17.8 Å². The summed E-state index contributed by atoms with van der Waals surface area (Å²) in [6.07, 6.45) is -3.23. The molecule has 5 nitrogen and oxygen atoms in total. The topological polar surface area (TPSA) is 68.5 Å². The van der Waals surface area contributed by atoms with Crippen molar-refractivity contribution in [2.75, 3.05) is 6.61 Å². The highest BCUT2D eigenvalue weighted by molar-refractivity contribution is 5.81. The minimum atomic E-state index is -4.52. The number of aromatic nitrogens is 1. The Labute approximate surface area is 150 Å². The Hall–Kier alpha value is -1.83. The van der Waals surface area contributed by atoms with Gasteiger partial charge in [-0.3, -0.25) is 9.69 Å². The van der Waals surface area contributed by atoms with Gasteiger partial charge in [-0.05, 0) is 51.7 Å². The first-order valence-electron chi connectivity index (χ1n) is 8.69. The van der Waals surface area contributed by atoms with Gasteiger partial charge in [0, 0.05) is 29.7 Å². The van der Waals surface area contributed by atoms with Gasteiger partial charge < -0.3 is 10.5 Å². The third-order valence-corrected chi connectivity index (χ3v) is 5.79. The van der Waals surface area contributed by atoms with Gasteiger partial charge in [-0.1, -0.05) is 0 Å². The average molecular weight is 371 g/mol. The predicted octanol–water partition coefficient (Wildman–Crippen LogP) is 2.70. The van der Waals surface area contributed by atoms with Crippen LogP contribution in [0.2, 0.25) is 0 Å².